The van der Waals surface area contributed by atoms with Crippen LogP contribution in [0.5, 0.6) is 28.9 Å². The number of allylic oxidation sites excluding steroid dienone is 2. The highest BCUT2D eigenvalue weighted by molar-refractivity contribution is 5.74. The molecule has 0 saturated heterocycles. The van der Waals surface area contributed by atoms with Gasteiger partial charge in [-0.05, 0) is 80.4 Å². The Kier molecular flexibility index (Phi) is 7.46. The van der Waals surface area contributed by atoms with Crippen molar-refractivity contribution in [3.63, 3.8) is 0 Å². The van der Waals surface area contributed by atoms with E-state index in [2.05, 4.69) is 23.3 Å². The van der Waals surface area contributed by atoms with E-state index in [0.717, 1.165) is 22.4 Å². The molecule has 40 heavy (non-hydrogen) atoms. The molecule has 2 atom stereocenters. The van der Waals surface area contributed by atoms with Crippen LogP contribution < -0.4 is 29.0 Å². The molecule has 3 aromatic rings. The number of carbonyl (C=O) groups is 2. The minimum absolute atomic E-state index is 0.0153. The fraction of sp³-hybridized carbons (Fsp3) is 0.258. The van der Waals surface area contributed by atoms with Crippen molar-refractivity contribution >= 4 is 12.2 Å². The molecule has 0 radical (unpaired) electrons. The molecule has 0 spiro atoms. The Morgan fingerprint density at radius 3 is 2.08 bits per heavy atom. The van der Waals surface area contributed by atoms with Gasteiger partial charge in [0.15, 0.2) is 0 Å². The quantitative estimate of drug-likeness (QED) is 0.225. The van der Waals surface area contributed by atoms with Crippen molar-refractivity contribution in [2.75, 3.05) is 14.2 Å². The molecule has 0 aliphatic heterocycles. The molecule has 0 fully saturated rings. The lowest BCUT2D eigenvalue weighted by atomic mass is 9.63. The molecule has 2 aliphatic rings. The number of nitrogens with one attached hydrogen (secondary N) is 1. The van der Waals surface area contributed by atoms with Crippen LogP contribution in [0.3, 0.4) is 0 Å². The first kappa shape index (κ1) is 26.8. The number of pyridine rings is 1. The van der Waals surface area contributed by atoms with Gasteiger partial charge in [-0.1, -0.05) is 17.7 Å². The summed E-state index contributed by atoms with van der Waals surface area (Å²) in [5.74, 6) is 2.14. The van der Waals surface area contributed by atoms with Gasteiger partial charge in [-0.2, -0.15) is 0 Å². The predicted molar refractivity (Wildman–Crippen MR) is 147 cm³/mol. The van der Waals surface area contributed by atoms with Crippen LogP contribution in [-0.4, -0.2) is 31.5 Å². The lowest BCUT2D eigenvalue weighted by molar-refractivity contribution is 0.149. The minimum atomic E-state index is -0.908. The summed E-state index contributed by atoms with van der Waals surface area (Å²) in [5.41, 5.74) is 2.90. The van der Waals surface area contributed by atoms with E-state index in [1.165, 1.54) is 0 Å². The molecule has 1 amide bonds. The zero-order valence-corrected chi connectivity index (χ0v) is 22.7. The van der Waals surface area contributed by atoms with Gasteiger partial charge in [0.1, 0.15) is 23.0 Å². The van der Waals surface area contributed by atoms with Gasteiger partial charge in [0.05, 0.1) is 25.5 Å². The Balaban J connectivity index is 1.39. The lowest BCUT2D eigenvalue weighted by Gasteiger charge is -2.47. The van der Waals surface area contributed by atoms with E-state index in [0.29, 0.717) is 35.8 Å². The van der Waals surface area contributed by atoms with Gasteiger partial charge < -0.3 is 29.0 Å². The number of amides is 1. The largest absolute Gasteiger partial charge is 0.520 e. The summed E-state index contributed by atoms with van der Waals surface area (Å²) in [6.45, 7) is 4.02. The maximum absolute atomic E-state index is 13.2. The third-order valence-electron chi connectivity index (χ3n) is 7.09. The summed E-state index contributed by atoms with van der Waals surface area (Å²) in [6, 6.07) is 16.8. The van der Waals surface area contributed by atoms with Crippen LogP contribution in [0.2, 0.25) is 0 Å². The Labute approximate surface area is 232 Å². The van der Waals surface area contributed by atoms with Crippen molar-refractivity contribution in [2.45, 2.75) is 32.2 Å². The van der Waals surface area contributed by atoms with E-state index >= 15 is 0 Å². The molecular weight excluding hydrogens is 512 g/mol. The standard InChI is InChI=1S/C31H30N2O7/c1-5-25-20-16-19(2)18-31(25,33-29(34)38-23-10-6-21(36-3)7-11-23)26-14-15-28(32-27(26)17-20)40-30(35)39-24-12-8-22(37-4)9-13-24/h5-16,20H,17-18H2,1-4H3,(H,33,34)/b25-5-. The number of hydrogen-bond donors (Lipinski definition) is 1. The molecule has 2 aliphatic carbocycles. The zero-order chi connectivity index (χ0) is 28.3. The van der Waals surface area contributed by atoms with E-state index in [1.807, 2.05) is 19.1 Å². The SMILES string of the molecule is C/C=C1/C2C=C(C)CC1(NC(=O)Oc1ccc(OC)cc1)c1ccc(OC(=O)Oc3ccc(OC)cc3)nc1C2. The Morgan fingerprint density at radius 2 is 1.48 bits per heavy atom. The second kappa shape index (κ2) is 11.1. The van der Waals surface area contributed by atoms with E-state index in [1.54, 1.807) is 68.8 Å². The summed E-state index contributed by atoms with van der Waals surface area (Å²) in [4.78, 5) is 30.3. The molecule has 0 saturated carbocycles. The summed E-state index contributed by atoms with van der Waals surface area (Å²) in [7, 11) is 3.13. The first-order valence-electron chi connectivity index (χ1n) is 12.9. The second-order valence-corrected chi connectivity index (χ2v) is 9.61. The third kappa shape index (κ3) is 5.36. The lowest BCUT2D eigenvalue weighted by Crippen LogP contribution is -2.54. The first-order valence-corrected chi connectivity index (χ1v) is 12.9. The van der Waals surface area contributed by atoms with E-state index in [4.69, 9.17) is 23.7 Å². The normalized spacial score (nSPS) is 20.1. The highest BCUT2D eigenvalue weighted by Gasteiger charge is 2.48. The number of nitrogens with zero attached hydrogens (tertiary/aromatic N) is 1. The molecule has 1 heterocycles. The predicted octanol–water partition coefficient (Wildman–Crippen LogP) is 6.13. The molecule has 2 aromatic carbocycles. The second-order valence-electron chi connectivity index (χ2n) is 9.61. The van der Waals surface area contributed by atoms with Crippen LogP contribution in [0.25, 0.3) is 0 Å². The molecule has 206 valence electrons. The van der Waals surface area contributed by atoms with E-state index in [-0.39, 0.29) is 11.8 Å². The van der Waals surface area contributed by atoms with Crippen molar-refractivity contribution in [3.8, 4) is 28.9 Å². The molecular formula is C31H30N2O7. The van der Waals surface area contributed by atoms with Crippen molar-refractivity contribution in [2.24, 2.45) is 5.92 Å². The van der Waals surface area contributed by atoms with E-state index in [9.17, 15) is 9.59 Å². The van der Waals surface area contributed by atoms with Gasteiger partial charge in [-0.25, -0.2) is 14.6 Å². The number of carbonyl (C=O) groups excluding carboxylic acids is 2. The number of hydrogen-bond acceptors (Lipinski definition) is 8. The molecule has 2 unspecified atom stereocenters. The van der Waals surface area contributed by atoms with Crippen molar-refractivity contribution in [3.05, 3.63) is 95.2 Å². The number of ether oxygens (including phenoxy) is 5. The van der Waals surface area contributed by atoms with Crippen LogP contribution in [-0.2, 0) is 12.0 Å². The highest BCUT2D eigenvalue weighted by atomic mass is 16.7. The van der Waals surface area contributed by atoms with Crippen LogP contribution in [0, 0.1) is 5.92 Å². The summed E-state index contributed by atoms with van der Waals surface area (Å²) >= 11 is 0. The van der Waals surface area contributed by atoms with Crippen molar-refractivity contribution < 1.29 is 33.3 Å². The van der Waals surface area contributed by atoms with Gasteiger partial charge in [-0.3, -0.25) is 0 Å². The topological polar surface area (TPSA) is 105 Å². The number of benzene rings is 2. The maximum Gasteiger partial charge on any atom is 0.520 e. The van der Waals surface area contributed by atoms with Gasteiger partial charge in [-0.15, -0.1) is 0 Å². The summed E-state index contributed by atoms with van der Waals surface area (Å²) in [5, 5.41) is 3.15. The Morgan fingerprint density at radius 1 is 0.875 bits per heavy atom. The average Bonchev–Trinajstić information content (AvgIpc) is 2.93. The van der Waals surface area contributed by atoms with E-state index < -0.39 is 17.8 Å². The van der Waals surface area contributed by atoms with Gasteiger partial charge in [0.25, 0.3) is 0 Å². The summed E-state index contributed by atoms with van der Waals surface area (Å²) < 4.78 is 26.6. The minimum Gasteiger partial charge on any atom is -0.497 e. The number of aromatic nitrogens is 1. The molecule has 2 bridgehead atoms. The van der Waals surface area contributed by atoms with Gasteiger partial charge in [0, 0.05) is 24.0 Å². The number of methoxy groups -OCH3 is 2. The van der Waals surface area contributed by atoms with Crippen LogP contribution >= 0.6 is 0 Å². The van der Waals surface area contributed by atoms with Gasteiger partial charge >= 0.3 is 12.2 Å². The van der Waals surface area contributed by atoms with Crippen molar-refractivity contribution in [1.82, 2.24) is 10.3 Å². The maximum atomic E-state index is 13.2. The molecule has 5 rings (SSSR count). The summed E-state index contributed by atoms with van der Waals surface area (Å²) in [6.07, 6.45) is 3.88. The fourth-order valence-corrected chi connectivity index (χ4v) is 5.48. The fourth-order valence-electron chi connectivity index (χ4n) is 5.48. The highest BCUT2D eigenvalue weighted by Crippen LogP contribution is 2.50. The molecule has 1 N–H and O–H groups in total. The zero-order valence-electron chi connectivity index (χ0n) is 22.7. The van der Waals surface area contributed by atoms with Gasteiger partial charge in [0.2, 0.25) is 5.88 Å². The van der Waals surface area contributed by atoms with Crippen molar-refractivity contribution in [1.29, 1.82) is 0 Å². The van der Waals surface area contributed by atoms with Crippen LogP contribution in [0.1, 0.15) is 31.5 Å². The Bertz CT molecular complexity index is 1480. The Hall–Kier alpha value is -4.79. The monoisotopic (exact) mass is 542 g/mol. The van der Waals surface area contributed by atoms with Crippen LogP contribution in [0.4, 0.5) is 9.59 Å². The number of rotatable bonds is 6. The smallest absolute Gasteiger partial charge is 0.497 e. The molecule has 1 aromatic heterocycles. The number of fused-ring (bicyclic) bond motifs is 4. The third-order valence-corrected chi connectivity index (χ3v) is 7.09. The average molecular weight is 543 g/mol. The molecule has 9 nitrogen and oxygen atoms in total. The molecule has 9 heteroatoms. The van der Waals surface area contributed by atoms with Crippen LogP contribution in [0.15, 0.2) is 84.0 Å². The first-order chi connectivity index (χ1) is 19.3.